The Hall–Kier alpha value is -3.82. The van der Waals surface area contributed by atoms with Crippen LogP contribution in [0.3, 0.4) is 0 Å². The van der Waals surface area contributed by atoms with Gasteiger partial charge in [0.1, 0.15) is 17.2 Å². The molecule has 8 nitrogen and oxygen atoms in total. The fraction of sp³-hybridized carbons (Fsp3) is 0.238. The Kier molecular flexibility index (Phi) is 6.00. The maximum absolute atomic E-state index is 13.8. The van der Waals surface area contributed by atoms with Crippen LogP contribution >= 0.6 is 0 Å². The average Bonchev–Trinajstić information content (AvgIpc) is 2.67. The van der Waals surface area contributed by atoms with Gasteiger partial charge in [-0.2, -0.15) is 8.78 Å². The molecular formula is C21H20F2N6O2. The number of alkyl halides is 2. The molecule has 2 N–H and O–H groups in total. The SMILES string of the molecule is CC(=O)Nc1cc(Nc2cc(C)nc(C(C)(F)F)c2)c(-c2cnc(C(C)=O)cn2)cn1. The number of carbonyl (C=O) groups is 2. The Bertz CT molecular complexity index is 1140. The number of carbonyl (C=O) groups excluding carboxylic acids is 2. The van der Waals surface area contributed by atoms with E-state index in [2.05, 4.69) is 30.6 Å². The van der Waals surface area contributed by atoms with Crippen molar-refractivity contribution in [2.75, 3.05) is 10.6 Å². The van der Waals surface area contributed by atoms with Crippen molar-refractivity contribution in [3.05, 3.63) is 53.9 Å². The van der Waals surface area contributed by atoms with Crippen LogP contribution in [0.15, 0.2) is 36.8 Å². The molecule has 0 atom stereocenters. The van der Waals surface area contributed by atoms with Crippen LogP contribution in [0.5, 0.6) is 0 Å². The number of aromatic nitrogens is 4. The van der Waals surface area contributed by atoms with Crippen molar-refractivity contribution in [2.24, 2.45) is 0 Å². The van der Waals surface area contributed by atoms with Crippen molar-refractivity contribution in [1.29, 1.82) is 0 Å². The summed E-state index contributed by atoms with van der Waals surface area (Å²) in [5.74, 6) is -3.39. The summed E-state index contributed by atoms with van der Waals surface area (Å²) >= 11 is 0. The topological polar surface area (TPSA) is 110 Å². The van der Waals surface area contributed by atoms with Gasteiger partial charge in [0.05, 0.1) is 23.8 Å². The molecule has 31 heavy (non-hydrogen) atoms. The Morgan fingerprint density at radius 2 is 1.74 bits per heavy atom. The molecule has 3 rings (SSSR count). The molecule has 0 fully saturated rings. The summed E-state index contributed by atoms with van der Waals surface area (Å²) in [5.41, 5.74) is 1.96. The number of aryl methyl sites for hydroxylation is 1. The molecular weight excluding hydrogens is 406 g/mol. The molecule has 0 spiro atoms. The zero-order valence-corrected chi connectivity index (χ0v) is 17.3. The first kappa shape index (κ1) is 21.9. The Morgan fingerprint density at radius 3 is 2.32 bits per heavy atom. The van der Waals surface area contributed by atoms with Gasteiger partial charge in [-0.05, 0) is 19.1 Å². The molecule has 3 aromatic rings. The van der Waals surface area contributed by atoms with Crippen molar-refractivity contribution in [3.8, 4) is 11.3 Å². The van der Waals surface area contributed by atoms with Gasteiger partial charge in [0.25, 0.3) is 5.92 Å². The first-order valence-electron chi connectivity index (χ1n) is 9.28. The number of nitrogens with zero attached hydrogens (tertiary/aromatic N) is 4. The lowest BCUT2D eigenvalue weighted by Gasteiger charge is -2.16. The number of halogens is 2. The number of hydrogen-bond acceptors (Lipinski definition) is 7. The molecule has 3 aromatic heterocycles. The number of Topliss-reactive ketones (excluding diaryl/α,β-unsaturated/α-hetero) is 1. The van der Waals surface area contributed by atoms with Gasteiger partial charge in [-0.25, -0.2) is 9.97 Å². The second kappa shape index (κ2) is 8.50. The smallest absolute Gasteiger partial charge is 0.287 e. The highest BCUT2D eigenvalue weighted by Crippen LogP contribution is 2.33. The van der Waals surface area contributed by atoms with E-state index >= 15 is 0 Å². The lowest BCUT2D eigenvalue weighted by molar-refractivity contribution is -0.114. The lowest BCUT2D eigenvalue weighted by atomic mass is 10.1. The van der Waals surface area contributed by atoms with Gasteiger partial charge in [0.15, 0.2) is 5.78 Å². The van der Waals surface area contributed by atoms with Crippen LogP contribution in [0.25, 0.3) is 11.3 Å². The molecule has 0 saturated heterocycles. The molecule has 0 aliphatic heterocycles. The van der Waals surface area contributed by atoms with Crippen molar-refractivity contribution in [3.63, 3.8) is 0 Å². The number of nitrogens with one attached hydrogen (secondary N) is 2. The molecule has 10 heteroatoms. The van der Waals surface area contributed by atoms with Crippen LogP contribution in [0.2, 0.25) is 0 Å². The van der Waals surface area contributed by atoms with E-state index in [1.54, 1.807) is 19.1 Å². The number of pyridine rings is 2. The Balaban J connectivity index is 2.07. The Labute approximate surface area is 177 Å². The normalized spacial score (nSPS) is 11.2. The number of anilines is 3. The molecule has 0 aliphatic rings. The van der Waals surface area contributed by atoms with E-state index in [-0.39, 0.29) is 28.9 Å². The summed E-state index contributed by atoms with van der Waals surface area (Å²) in [4.78, 5) is 39.3. The molecule has 0 bridgehead atoms. The van der Waals surface area contributed by atoms with E-state index in [0.29, 0.717) is 28.3 Å². The number of rotatable bonds is 6. The van der Waals surface area contributed by atoms with E-state index in [4.69, 9.17) is 0 Å². The van der Waals surface area contributed by atoms with Gasteiger partial charge in [-0.3, -0.25) is 19.6 Å². The highest BCUT2D eigenvalue weighted by molar-refractivity contribution is 5.92. The highest BCUT2D eigenvalue weighted by atomic mass is 19.3. The number of ketones is 1. The molecule has 0 aliphatic carbocycles. The average molecular weight is 426 g/mol. The van der Waals surface area contributed by atoms with Crippen LogP contribution in [-0.4, -0.2) is 31.6 Å². The van der Waals surface area contributed by atoms with Crippen molar-refractivity contribution in [1.82, 2.24) is 19.9 Å². The van der Waals surface area contributed by atoms with Gasteiger partial charge in [0.2, 0.25) is 5.91 Å². The van der Waals surface area contributed by atoms with Gasteiger partial charge < -0.3 is 10.6 Å². The summed E-state index contributed by atoms with van der Waals surface area (Å²) in [5, 5.41) is 5.65. The zero-order chi connectivity index (χ0) is 22.8. The molecule has 0 unspecified atom stereocenters. The molecule has 0 radical (unpaired) electrons. The van der Waals surface area contributed by atoms with Crippen molar-refractivity contribution in [2.45, 2.75) is 33.6 Å². The standard InChI is InChI=1S/C21H20F2N6O2/c1-11-5-14(6-19(27-11)21(4,22)23)29-16-7-20(28-13(3)31)26-8-15(16)18-10-24-17(9-25-18)12(2)30/h5-10H,1-4H3,(H2,26,27,28,29,31). The van der Waals surface area contributed by atoms with E-state index < -0.39 is 5.92 Å². The summed E-state index contributed by atoms with van der Waals surface area (Å²) in [6, 6.07) is 4.42. The lowest BCUT2D eigenvalue weighted by Crippen LogP contribution is -2.11. The Morgan fingerprint density at radius 1 is 1.00 bits per heavy atom. The summed E-state index contributed by atoms with van der Waals surface area (Å²) < 4.78 is 27.6. The second-order valence-electron chi connectivity index (χ2n) is 7.04. The predicted molar refractivity (Wildman–Crippen MR) is 111 cm³/mol. The maximum Gasteiger partial charge on any atom is 0.287 e. The summed E-state index contributed by atoms with van der Waals surface area (Å²) in [6.07, 6.45) is 4.23. The van der Waals surface area contributed by atoms with Crippen LogP contribution in [-0.2, 0) is 10.7 Å². The third-order valence-corrected chi connectivity index (χ3v) is 4.18. The highest BCUT2D eigenvalue weighted by Gasteiger charge is 2.27. The van der Waals surface area contributed by atoms with Gasteiger partial charge in [-0.15, -0.1) is 0 Å². The maximum atomic E-state index is 13.8. The predicted octanol–water partition coefficient (Wildman–Crippen LogP) is 4.26. The van der Waals surface area contributed by atoms with Gasteiger partial charge in [-0.1, -0.05) is 0 Å². The third kappa shape index (κ3) is 5.41. The molecule has 1 amide bonds. The third-order valence-electron chi connectivity index (χ3n) is 4.18. The number of hydrogen-bond donors (Lipinski definition) is 2. The van der Waals surface area contributed by atoms with Crippen LogP contribution < -0.4 is 10.6 Å². The minimum atomic E-state index is -3.11. The van der Waals surface area contributed by atoms with Crippen LogP contribution in [0, 0.1) is 6.92 Å². The van der Waals surface area contributed by atoms with E-state index in [9.17, 15) is 18.4 Å². The second-order valence-corrected chi connectivity index (χ2v) is 7.04. The quantitative estimate of drug-likeness (QED) is 0.567. The van der Waals surface area contributed by atoms with Crippen LogP contribution in [0.4, 0.5) is 26.0 Å². The first-order valence-corrected chi connectivity index (χ1v) is 9.28. The van der Waals surface area contributed by atoms with E-state index in [1.807, 2.05) is 0 Å². The summed E-state index contributed by atoms with van der Waals surface area (Å²) in [7, 11) is 0. The fourth-order valence-corrected chi connectivity index (χ4v) is 2.78. The largest absolute Gasteiger partial charge is 0.355 e. The fourth-order valence-electron chi connectivity index (χ4n) is 2.78. The van der Waals surface area contributed by atoms with Crippen molar-refractivity contribution >= 4 is 28.9 Å². The first-order chi connectivity index (χ1) is 14.5. The van der Waals surface area contributed by atoms with E-state index in [0.717, 1.165) is 6.92 Å². The minimum absolute atomic E-state index is 0.209. The molecule has 0 aromatic carbocycles. The van der Waals surface area contributed by atoms with Crippen LogP contribution in [0.1, 0.15) is 42.6 Å². The molecule has 0 saturated carbocycles. The summed E-state index contributed by atoms with van der Waals surface area (Å²) in [6.45, 7) is 5.11. The molecule has 160 valence electrons. The molecule has 3 heterocycles. The number of amides is 1. The van der Waals surface area contributed by atoms with E-state index in [1.165, 1.54) is 38.5 Å². The monoisotopic (exact) mass is 426 g/mol. The minimum Gasteiger partial charge on any atom is -0.355 e. The van der Waals surface area contributed by atoms with Gasteiger partial charge >= 0.3 is 0 Å². The van der Waals surface area contributed by atoms with Gasteiger partial charge in [0, 0.05) is 50.0 Å². The zero-order valence-electron chi connectivity index (χ0n) is 17.3. The van der Waals surface area contributed by atoms with Crippen molar-refractivity contribution < 1.29 is 18.4 Å².